The number of guanidine groups is 1. The van der Waals surface area contributed by atoms with Crippen LogP contribution in [0.5, 0.6) is 5.75 Å². The Morgan fingerprint density at radius 3 is 2.62 bits per heavy atom. The van der Waals surface area contributed by atoms with E-state index in [4.69, 9.17) is 9.47 Å². The first-order valence-electron chi connectivity index (χ1n) is 10.5. The molecular formula is C22H37IN4O2. The van der Waals surface area contributed by atoms with Crippen molar-refractivity contribution < 1.29 is 9.47 Å². The summed E-state index contributed by atoms with van der Waals surface area (Å²) >= 11 is 0. The zero-order valence-electron chi connectivity index (χ0n) is 18.3. The molecule has 0 aromatic heterocycles. The number of rotatable bonds is 8. The van der Waals surface area contributed by atoms with Gasteiger partial charge in [0.1, 0.15) is 5.75 Å². The largest absolute Gasteiger partial charge is 0.493 e. The quantitative estimate of drug-likeness (QED) is 0.316. The lowest BCUT2D eigenvalue weighted by molar-refractivity contribution is -0.00834. The van der Waals surface area contributed by atoms with Gasteiger partial charge in [0, 0.05) is 44.3 Å². The smallest absolute Gasteiger partial charge is 0.191 e. The van der Waals surface area contributed by atoms with E-state index in [1.165, 1.54) is 24.0 Å². The van der Waals surface area contributed by atoms with Crippen LogP contribution in [0.15, 0.2) is 23.2 Å². The second-order valence-electron chi connectivity index (χ2n) is 8.56. The molecule has 6 nitrogen and oxygen atoms in total. The molecule has 164 valence electrons. The van der Waals surface area contributed by atoms with Gasteiger partial charge in [-0.25, -0.2) is 0 Å². The number of aryl methyl sites for hydroxylation is 1. The topological polar surface area (TPSA) is 58.1 Å². The van der Waals surface area contributed by atoms with E-state index in [1.807, 2.05) is 7.05 Å². The average Bonchev–Trinajstić information content (AvgIpc) is 3.53. The maximum absolute atomic E-state index is 6.08. The van der Waals surface area contributed by atoms with Crippen molar-refractivity contribution >= 4 is 29.9 Å². The number of hydrogen-bond donors (Lipinski definition) is 2. The van der Waals surface area contributed by atoms with Gasteiger partial charge in [-0.05, 0) is 51.2 Å². The van der Waals surface area contributed by atoms with Crippen molar-refractivity contribution in [1.29, 1.82) is 0 Å². The molecule has 1 aliphatic heterocycles. The second-order valence-corrected chi connectivity index (χ2v) is 8.56. The predicted octanol–water partition coefficient (Wildman–Crippen LogP) is 3.18. The molecule has 3 rings (SSSR count). The summed E-state index contributed by atoms with van der Waals surface area (Å²) in [6.07, 6.45) is 2.60. The molecule has 1 saturated carbocycles. The number of morpholine rings is 1. The highest BCUT2D eigenvalue weighted by Crippen LogP contribution is 2.30. The fraction of sp³-hybridized carbons (Fsp3) is 0.682. The minimum Gasteiger partial charge on any atom is -0.493 e. The van der Waals surface area contributed by atoms with Crippen molar-refractivity contribution in [2.45, 2.75) is 45.7 Å². The third kappa shape index (κ3) is 7.61. The van der Waals surface area contributed by atoms with Gasteiger partial charge >= 0.3 is 0 Å². The van der Waals surface area contributed by atoms with Gasteiger partial charge in [0.2, 0.25) is 0 Å². The highest BCUT2D eigenvalue weighted by Gasteiger charge is 2.28. The number of nitrogens with one attached hydrogen (secondary N) is 2. The Labute approximate surface area is 192 Å². The van der Waals surface area contributed by atoms with Crippen molar-refractivity contribution in [1.82, 2.24) is 15.5 Å². The first kappa shape index (κ1) is 24.2. The van der Waals surface area contributed by atoms with E-state index in [1.54, 1.807) is 0 Å². The monoisotopic (exact) mass is 516 g/mol. The van der Waals surface area contributed by atoms with Gasteiger partial charge in [-0.3, -0.25) is 9.89 Å². The summed E-state index contributed by atoms with van der Waals surface area (Å²) in [5.41, 5.74) is 2.44. The Balaban J connectivity index is 0.00000300. The summed E-state index contributed by atoms with van der Waals surface area (Å²) < 4.78 is 11.6. The predicted molar refractivity (Wildman–Crippen MR) is 129 cm³/mol. The summed E-state index contributed by atoms with van der Waals surface area (Å²) in [7, 11) is 1.82. The molecule has 1 saturated heterocycles. The summed E-state index contributed by atoms with van der Waals surface area (Å²) in [6, 6.07) is 6.42. The van der Waals surface area contributed by atoms with E-state index in [-0.39, 0.29) is 29.5 Å². The molecule has 2 fully saturated rings. The molecule has 1 aliphatic carbocycles. The van der Waals surface area contributed by atoms with Crippen LogP contribution in [0, 0.1) is 12.8 Å². The molecule has 0 radical (unpaired) electrons. The standard InChI is InChI=1S/C22H36N4O2.HI/c1-17-5-8-19(20(13-17)28-15-18-6-7-18)14-24-21(23-4)25-16-22(2,3)26-9-11-27-12-10-26;/h5,8,13,18H,6-7,9-12,14-16H2,1-4H3,(H2,23,24,25);1H. The van der Waals surface area contributed by atoms with Crippen LogP contribution in [0.3, 0.4) is 0 Å². The van der Waals surface area contributed by atoms with Crippen molar-refractivity contribution in [3.8, 4) is 5.75 Å². The SMILES string of the molecule is CN=C(NCc1ccc(C)cc1OCC1CC1)NCC(C)(C)N1CCOCC1.I. The molecule has 0 amide bonds. The van der Waals surface area contributed by atoms with Gasteiger partial charge in [0.25, 0.3) is 0 Å². The number of aliphatic imine (C=N–C) groups is 1. The maximum Gasteiger partial charge on any atom is 0.191 e. The van der Waals surface area contributed by atoms with Crippen LogP contribution >= 0.6 is 24.0 Å². The summed E-state index contributed by atoms with van der Waals surface area (Å²) in [5.74, 6) is 2.55. The van der Waals surface area contributed by atoms with Crippen LogP contribution in [-0.4, -0.2) is 62.9 Å². The van der Waals surface area contributed by atoms with Crippen molar-refractivity contribution in [3.05, 3.63) is 29.3 Å². The molecule has 1 heterocycles. The number of hydrogen-bond acceptors (Lipinski definition) is 4. The Kier molecular flexibility index (Phi) is 9.49. The van der Waals surface area contributed by atoms with Crippen LogP contribution in [-0.2, 0) is 11.3 Å². The minimum absolute atomic E-state index is 0. The first-order chi connectivity index (χ1) is 13.5. The third-order valence-corrected chi connectivity index (χ3v) is 5.62. The Morgan fingerprint density at radius 2 is 1.97 bits per heavy atom. The number of nitrogens with zero attached hydrogens (tertiary/aromatic N) is 2. The van der Waals surface area contributed by atoms with E-state index in [9.17, 15) is 0 Å². The van der Waals surface area contributed by atoms with E-state index in [2.05, 4.69) is 59.5 Å². The number of benzene rings is 1. The molecule has 1 aromatic rings. The van der Waals surface area contributed by atoms with Gasteiger partial charge in [-0.15, -0.1) is 24.0 Å². The zero-order valence-corrected chi connectivity index (χ0v) is 20.6. The molecule has 0 bridgehead atoms. The Morgan fingerprint density at radius 1 is 1.24 bits per heavy atom. The molecule has 0 spiro atoms. The lowest BCUT2D eigenvalue weighted by Gasteiger charge is -2.41. The van der Waals surface area contributed by atoms with Gasteiger partial charge < -0.3 is 20.1 Å². The molecule has 1 aromatic carbocycles. The second kappa shape index (κ2) is 11.4. The van der Waals surface area contributed by atoms with Crippen LogP contribution in [0.25, 0.3) is 0 Å². The number of ether oxygens (including phenoxy) is 2. The van der Waals surface area contributed by atoms with Crippen LogP contribution < -0.4 is 15.4 Å². The van der Waals surface area contributed by atoms with E-state index >= 15 is 0 Å². The number of halogens is 1. The van der Waals surface area contributed by atoms with Crippen LogP contribution in [0.1, 0.15) is 37.8 Å². The lowest BCUT2D eigenvalue weighted by Crippen LogP contribution is -2.56. The average molecular weight is 516 g/mol. The van der Waals surface area contributed by atoms with Gasteiger partial charge in [-0.2, -0.15) is 0 Å². The molecular weight excluding hydrogens is 479 g/mol. The summed E-state index contributed by atoms with van der Waals surface area (Å²) in [4.78, 5) is 6.87. The molecule has 0 unspecified atom stereocenters. The Hall–Kier alpha value is -1.06. The molecule has 2 N–H and O–H groups in total. The fourth-order valence-electron chi connectivity index (χ4n) is 3.41. The van der Waals surface area contributed by atoms with Crippen LogP contribution in [0.4, 0.5) is 0 Å². The highest BCUT2D eigenvalue weighted by atomic mass is 127. The lowest BCUT2D eigenvalue weighted by atomic mass is 10.0. The molecule has 29 heavy (non-hydrogen) atoms. The van der Waals surface area contributed by atoms with E-state index in [0.717, 1.165) is 57.1 Å². The van der Waals surface area contributed by atoms with Gasteiger partial charge in [-0.1, -0.05) is 12.1 Å². The normalized spacial score (nSPS) is 18.1. The highest BCUT2D eigenvalue weighted by molar-refractivity contribution is 14.0. The Bertz CT molecular complexity index is 671. The molecule has 7 heteroatoms. The van der Waals surface area contributed by atoms with Gasteiger partial charge in [0.15, 0.2) is 5.96 Å². The van der Waals surface area contributed by atoms with Crippen molar-refractivity contribution in [2.24, 2.45) is 10.9 Å². The van der Waals surface area contributed by atoms with E-state index < -0.39 is 0 Å². The maximum atomic E-state index is 6.08. The fourth-order valence-corrected chi connectivity index (χ4v) is 3.41. The van der Waals surface area contributed by atoms with Gasteiger partial charge in [0.05, 0.1) is 19.8 Å². The van der Waals surface area contributed by atoms with Crippen molar-refractivity contribution in [3.63, 3.8) is 0 Å². The molecule has 0 atom stereocenters. The summed E-state index contributed by atoms with van der Waals surface area (Å²) in [5, 5.41) is 6.92. The molecule has 2 aliphatic rings. The third-order valence-electron chi connectivity index (χ3n) is 5.62. The van der Waals surface area contributed by atoms with E-state index in [0.29, 0.717) is 6.54 Å². The van der Waals surface area contributed by atoms with Crippen LogP contribution in [0.2, 0.25) is 0 Å². The van der Waals surface area contributed by atoms with Crippen molar-refractivity contribution in [2.75, 3.05) is 46.5 Å². The first-order valence-corrected chi connectivity index (χ1v) is 10.5. The summed E-state index contributed by atoms with van der Waals surface area (Å²) in [6.45, 7) is 12.6. The zero-order chi connectivity index (χ0) is 20.0. The minimum atomic E-state index is 0.